The Hall–Kier alpha value is -0.710. The third kappa shape index (κ3) is 5.16. The summed E-state index contributed by atoms with van der Waals surface area (Å²) in [7, 11) is 1.21. The molecule has 0 aromatic heterocycles. The molecule has 0 heterocycles. The number of carbonyl (C=O) groups excluding carboxylic acids is 1. The van der Waals surface area contributed by atoms with E-state index in [1.54, 1.807) is 0 Å². The molecule has 0 amide bonds. The maximum Gasteiger partial charge on any atom is 0.367 e. The number of ether oxygens (including phenoxy) is 1. The zero-order valence-electron chi connectivity index (χ0n) is 4.79. The van der Waals surface area contributed by atoms with Gasteiger partial charge in [0.1, 0.15) is 5.75 Å². The van der Waals surface area contributed by atoms with Crippen molar-refractivity contribution < 1.29 is 19.4 Å². The molecule has 1 N–H and O–H groups in total. The molecule has 0 aromatic rings. The predicted octanol–water partition coefficient (Wildman–Crippen LogP) is 0.571. The standard InChI is InChI=1S/C4H6O4S/c1-8-4(7)9-2-3(5)6/h2H2,1H3,(H,5,6). The van der Waals surface area contributed by atoms with Crippen molar-refractivity contribution in [2.75, 3.05) is 12.9 Å². The van der Waals surface area contributed by atoms with Gasteiger partial charge in [0, 0.05) is 0 Å². The zero-order valence-corrected chi connectivity index (χ0v) is 5.60. The summed E-state index contributed by atoms with van der Waals surface area (Å²) >= 11 is 0.624. The van der Waals surface area contributed by atoms with E-state index in [0.717, 1.165) is 0 Å². The first-order valence-corrected chi connectivity index (χ1v) is 3.08. The van der Waals surface area contributed by atoms with Crippen LogP contribution < -0.4 is 0 Å². The van der Waals surface area contributed by atoms with E-state index in [2.05, 4.69) is 4.74 Å². The van der Waals surface area contributed by atoms with E-state index in [-0.39, 0.29) is 5.75 Å². The van der Waals surface area contributed by atoms with Crippen LogP contribution in [0.2, 0.25) is 0 Å². The van der Waals surface area contributed by atoms with E-state index >= 15 is 0 Å². The number of hydrogen-bond acceptors (Lipinski definition) is 4. The van der Waals surface area contributed by atoms with E-state index < -0.39 is 11.3 Å². The topological polar surface area (TPSA) is 63.6 Å². The molecule has 4 nitrogen and oxygen atoms in total. The van der Waals surface area contributed by atoms with Crippen LogP contribution in [0.1, 0.15) is 0 Å². The first-order valence-electron chi connectivity index (χ1n) is 2.09. The third-order valence-corrected chi connectivity index (χ3v) is 1.27. The third-order valence-electron chi connectivity index (χ3n) is 0.480. The minimum absolute atomic E-state index is 0.243. The maximum absolute atomic E-state index is 10.2. The first-order chi connectivity index (χ1) is 4.16. The van der Waals surface area contributed by atoms with Crippen molar-refractivity contribution in [1.29, 1.82) is 0 Å². The highest BCUT2D eigenvalue weighted by molar-refractivity contribution is 8.13. The highest BCUT2D eigenvalue weighted by Crippen LogP contribution is 2.02. The number of carboxylic acid groups (broad SMARTS) is 1. The molecule has 0 bridgehead atoms. The molecule has 5 heteroatoms. The average Bonchev–Trinajstić information content (AvgIpc) is 1.83. The first kappa shape index (κ1) is 8.29. The molecule has 0 rings (SSSR count). The molecular weight excluding hydrogens is 144 g/mol. The minimum Gasteiger partial charge on any atom is -0.481 e. The summed E-state index contributed by atoms with van der Waals surface area (Å²) in [4.78, 5) is 20.0. The summed E-state index contributed by atoms with van der Waals surface area (Å²) in [6.07, 6.45) is 0. The molecule has 0 radical (unpaired) electrons. The van der Waals surface area contributed by atoms with Crippen molar-refractivity contribution in [1.82, 2.24) is 0 Å². The van der Waals surface area contributed by atoms with Crippen molar-refractivity contribution in [3.05, 3.63) is 0 Å². The fourth-order valence-electron chi connectivity index (χ4n) is 0.180. The molecule has 0 saturated carbocycles. The Morgan fingerprint density at radius 3 is 2.56 bits per heavy atom. The SMILES string of the molecule is COC(=O)SCC(=O)O. The second-order valence-corrected chi connectivity index (χ2v) is 2.05. The zero-order chi connectivity index (χ0) is 7.28. The van der Waals surface area contributed by atoms with Crippen LogP contribution in [0.3, 0.4) is 0 Å². The van der Waals surface area contributed by atoms with E-state index in [1.165, 1.54) is 7.11 Å². The van der Waals surface area contributed by atoms with Crippen molar-refractivity contribution in [2.45, 2.75) is 0 Å². The second kappa shape index (κ2) is 4.20. The van der Waals surface area contributed by atoms with E-state index in [4.69, 9.17) is 5.11 Å². The van der Waals surface area contributed by atoms with Crippen molar-refractivity contribution in [3.8, 4) is 0 Å². The number of carboxylic acids is 1. The van der Waals surface area contributed by atoms with E-state index in [1.807, 2.05) is 0 Å². The van der Waals surface area contributed by atoms with Crippen LogP contribution in [0.5, 0.6) is 0 Å². The normalized spacial score (nSPS) is 8.56. The van der Waals surface area contributed by atoms with Gasteiger partial charge in [-0.25, -0.2) is 4.79 Å². The summed E-state index contributed by atoms with van der Waals surface area (Å²) in [6, 6.07) is 0. The Balaban J connectivity index is 3.28. The van der Waals surface area contributed by atoms with E-state index in [9.17, 15) is 9.59 Å². The molecule has 0 spiro atoms. The van der Waals surface area contributed by atoms with E-state index in [0.29, 0.717) is 11.8 Å². The molecule has 0 aromatic carbocycles. The van der Waals surface area contributed by atoms with Gasteiger partial charge in [-0.3, -0.25) is 4.79 Å². The summed E-state index contributed by atoms with van der Waals surface area (Å²) < 4.78 is 4.16. The fraction of sp³-hybridized carbons (Fsp3) is 0.500. The summed E-state index contributed by atoms with van der Waals surface area (Å²) in [5.41, 5.74) is 0. The summed E-state index contributed by atoms with van der Waals surface area (Å²) in [5, 5.41) is 7.46. The van der Waals surface area contributed by atoms with Crippen LogP contribution in [0.25, 0.3) is 0 Å². The van der Waals surface area contributed by atoms with Gasteiger partial charge in [0.25, 0.3) is 0 Å². The summed E-state index contributed by atoms with van der Waals surface area (Å²) in [6.45, 7) is 0. The molecule has 0 atom stereocenters. The molecular formula is C4H6O4S. The van der Waals surface area contributed by atoms with Crippen LogP contribution in [-0.2, 0) is 9.53 Å². The molecule has 9 heavy (non-hydrogen) atoms. The predicted molar refractivity (Wildman–Crippen MR) is 32.5 cm³/mol. The molecule has 0 aliphatic carbocycles. The average molecular weight is 150 g/mol. The molecule has 0 saturated heterocycles. The number of methoxy groups -OCH3 is 1. The number of rotatable bonds is 2. The number of carbonyl (C=O) groups is 2. The lowest BCUT2D eigenvalue weighted by molar-refractivity contribution is -0.133. The lowest BCUT2D eigenvalue weighted by atomic mass is 10.8. The number of hydrogen-bond donors (Lipinski definition) is 1. The number of aliphatic carboxylic acids is 1. The molecule has 0 aliphatic rings. The van der Waals surface area contributed by atoms with Crippen LogP contribution in [-0.4, -0.2) is 29.2 Å². The highest BCUT2D eigenvalue weighted by atomic mass is 32.2. The van der Waals surface area contributed by atoms with Crippen molar-refractivity contribution >= 4 is 23.0 Å². The molecule has 0 fully saturated rings. The van der Waals surface area contributed by atoms with Gasteiger partial charge in [0.2, 0.25) is 0 Å². The van der Waals surface area contributed by atoms with Gasteiger partial charge in [0.05, 0.1) is 7.11 Å². The van der Waals surface area contributed by atoms with Crippen molar-refractivity contribution in [2.24, 2.45) is 0 Å². The lowest BCUT2D eigenvalue weighted by Crippen LogP contribution is -2.02. The second-order valence-electron chi connectivity index (χ2n) is 1.14. The largest absolute Gasteiger partial charge is 0.481 e. The van der Waals surface area contributed by atoms with Gasteiger partial charge in [-0.1, -0.05) is 0 Å². The van der Waals surface area contributed by atoms with Gasteiger partial charge in [-0.2, -0.15) is 0 Å². The maximum atomic E-state index is 10.2. The summed E-state index contributed by atoms with van der Waals surface area (Å²) in [5.74, 6) is -1.27. The Bertz CT molecular complexity index is 122. The fourth-order valence-corrected chi connectivity index (χ4v) is 0.539. The van der Waals surface area contributed by atoms with Gasteiger partial charge < -0.3 is 9.84 Å². The van der Waals surface area contributed by atoms with Crippen LogP contribution in [0, 0.1) is 0 Å². The monoisotopic (exact) mass is 150 g/mol. The molecule has 52 valence electrons. The van der Waals surface area contributed by atoms with Gasteiger partial charge >= 0.3 is 11.3 Å². The van der Waals surface area contributed by atoms with Gasteiger partial charge in [-0.05, 0) is 11.8 Å². The smallest absolute Gasteiger partial charge is 0.367 e. The Labute approximate surface area is 56.2 Å². The van der Waals surface area contributed by atoms with Gasteiger partial charge in [-0.15, -0.1) is 0 Å². The van der Waals surface area contributed by atoms with Crippen LogP contribution >= 0.6 is 11.8 Å². The quantitative estimate of drug-likeness (QED) is 0.583. The highest BCUT2D eigenvalue weighted by Gasteiger charge is 2.03. The van der Waals surface area contributed by atoms with Crippen LogP contribution in [0.15, 0.2) is 0 Å². The minimum atomic E-state index is -1.02. The van der Waals surface area contributed by atoms with Crippen molar-refractivity contribution in [3.63, 3.8) is 0 Å². The Morgan fingerprint density at radius 2 is 2.22 bits per heavy atom. The Morgan fingerprint density at radius 1 is 1.67 bits per heavy atom. The molecule has 0 aliphatic heterocycles. The Kier molecular flexibility index (Phi) is 3.87. The lowest BCUT2D eigenvalue weighted by Gasteiger charge is -1.92. The van der Waals surface area contributed by atoms with Gasteiger partial charge in [0.15, 0.2) is 0 Å². The van der Waals surface area contributed by atoms with Crippen LogP contribution in [0.4, 0.5) is 4.79 Å². The molecule has 0 unspecified atom stereocenters. The number of thioether (sulfide) groups is 1.